The summed E-state index contributed by atoms with van der Waals surface area (Å²) in [7, 11) is 1.35. The molecule has 0 N–H and O–H groups in total. The predicted molar refractivity (Wildman–Crippen MR) is 68.8 cm³/mol. The molecule has 0 atom stereocenters. The number of methoxy groups -OCH3 is 1. The number of ether oxygens (including phenoxy) is 1. The van der Waals surface area contributed by atoms with Crippen molar-refractivity contribution in [2.24, 2.45) is 0 Å². The number of nitrogens with zero attached hydrogens (tertiary/aromatic N) is 1. The van der Waals surface area contributed by atoms with Gasteiger partial charge in [-0.25, -0.2) is 9.53 Å². The molecule has 4 nitrogen and oxygen atoms in total. The number of carbonyl (C=O) groups excluding carboxylic acids is 1. The molecular formula is C14H17NO3. The molecule has 96 valence electrons. The summed E-state index contributed by atoms with van der Waals surface area (Å²) in [6.07, 6.45) is 1.62. The highest BCUT2D eigenvalue weighted by Crippen LogP contribution is 2.26. The average molecular weight is 247 g/mol. The van der Waals surface area contributed by atoms with Crippen molar-refractivity contribution >= 4 is 11.7 Å². The third-order valence-electron chi connectivity index (χ3n) is 3.41. The highest BCUT2D eigenvalue weighted by Gasteiger charge is 2.37. The maximum atomic E-state index is 12.1. The van der Waals surface area contributed by atoms with E-state index in [4.69, 9.17) is 0 Å². The monoisotopic (exact) mass is 247 g/mol. The Morgan fingerprint density at radius 3 is 2.39 bits per heavy atom. The van der Waals surface area contributed by atoms with E-state index < -0.39 is 0 Å². The first-order chi connectivity index (χ1) is 8.45. The smallest absolute Gasteiger partial charge is 0.337 e. The minimum Gasteiger partial charge on any atom is -0.623 e. The first kappa shape index (κ1) is 12.6. The van der Waals surface area contributed by atoms with Crippen molar-refractivity contribution in [2.75, 3.05) is 7.11 Å². The van der Waals surface area contributed by atoms with E-state index in [9.17, 15) is 10.0 Å². The summed E-state index contributed by atoms with van der Waals surface area (Å²) in [6, 6.07) is 6.97. The van der Waals surface area contributed by atoms with Crippen molar-refractivity contribution in [3.8, 4) is 0 Å². The number of hydroxylamine groups is 1. The zero-order chi connectivity index (χ0) is 13.3. The van der Waals surface area contributed by atoms with Crippen molar-refractivity contribution in [1.82, 2.24) is 0 Å². The first-order valence-corrected chi connectivity index (χ1v) is 5.97. The van der Waals surface area contributed by atoms with Crippen molar-refractivity contribution in [3.63, 3.8) is 0 Å². The minimum absolute atomic E-state index is 0.337. The molecule has 0 saturated heterocycles. The van der Waals surface area contributed by atoms with E-state index in [1.807, 2.05) is 13.8 Å². The molecule has 0 bridgehead atoms. The predicted octanol–water partition coefficient (Wildman–Crippen LogP) is 2.35. The molecule has 0 saturated carbocycles. The standard InChI is InChI=1S/C14H17NO3/c1-14(2)9-8-12(15(14)17)10-4-6-11(7-5-10)13(16)18-3/h4-7H,8-9H2,1-3H3. The van der Waals surface area contributed by atoms with Crippen LogP contribution in [0.2, 0.25) is 0 Å². The molecule has 18 heavy (non-hydrogen) atoms. The van der Waals surface area contributed by atoms with Crippen molar-refractivity contribution in [1.29, 1.82) is 0 Å². The molecule has 4 heteroatoms. The Labute approximate surface area is 106 Å². The Balaban J connectivity index is 2.31. The van der Waals surface area contributed by atoms with E-state index >= 15 is 0 Å². The highest BCUT2D eigenvalue weighted by atomic mass is 16.5. The maximum absolute atomic E-state index is 12.1. The summed E-state index contributed by atoms with van der Waals surface area (Å²) in [5.41, 5.74) is 1.83. The van der Waals surface area contributed by atoms with Crippen molar-refractivity contribution in [2.45, 2.75) is 32.2 Å². The maximum Gasteiger partial charge on any atom is 0.337 e. The molecule has 0 amide bonds. The van der Waals surface area contributed by atoms with Crippen molar-refractivity contribution < 1.29 is 14.3 Å². The fourth-order valence-electron chi connectivity index (χ4n) is 2.17. The molecule has 2 rings (SSSR count). The SMILES string of the molecule is COC(=O)c1ccc(C2=[N+]([O-])C(C)(C)CC2)cc1. The van der Waals surface area contributed by atoms with Gasteiger partial charge in [0.2, 0.25) is 0 Å². The highest BCUT2D eigenvalue weighted by molar-refractivity contribution is 5.99. The first-order valence-electron chi connectivity index (χ1n) is 5.97. The van der Waals surface area contributed by atoms with Crippen LogP contribution in [0.1, 0.15) is 42.6 Å². The van der Waals surface area contributed by atoms with Crippen LogP contribution in [0.4, 0.5) is 0 Å². The molecule has 0 spiro atoms. The fourth-order valence-corrected chi connectivity index (χ4v) is 2.17. The van der Waals surface area contributed by atoms with Gasteiger partial charge in [-0.15, -0.1) is 0 Å². The molecule has 1 heterocycles. The number of hydrogen-bond donors (Lipinski definition) is 0. The lowest BCUT2D eigenvalue weighted by Crippen LogP contribution is -2.29. The van der Waals surface area contributed by atoms with Gasteiger partial charge in [0.1, 0.15) is 0 Å². The molecule has 0 unspecified atom stereocenters. The zero-order valence-electron chi connectivity index (χ0n) is 10.9. The van der Waals surface area contributed by atoms with Crippen LogP contribution < -0.4 is 0 Å². The van der Waals surface area contributed by atoms with E-state index in [0.29, 0.717) is 5.56 Å². The minimum atomic E-state index is -0.364. The number of rotatable bonds is 2. The van der Waals surface area contributed by atoms with E-state index in [0.717, 1.165) is 28.9 Å². The molecule has 0 radical (unpaired) electrons. The third-order valence-corrected chi connectivity index (χ3v) is 3.41. The average Bonchev–Trinajstić information content (AvgIpc) is 2.64. The lowest BCUT2D eigenvalue weighted by Gasteiger charge is -2.18. The van der Waals surface area contributed by atoms with Gasteiger partial charge in [0.15, 0.2) is 11.3 Å². The number of hydrogen-bond acceptors (Lipinski definition) is 3. The molecule has 1 aromatic carbocycles. The number of carbonyl (C=O) groups is 1. The second kappa shape index (κ2) is 4.44. The summed E-state index contributed by atoms with van der Waals surface area (Å²) in [6.45, 7) is 3.88. The third kappa shape index (κ3) is 2.10. The van der Waals surface area contributed by atoms with Gasteiger partial charge in [0.25, 0.3) is 0 Å². The van der Waals surface area contributed by atoms with Crippen LogP contribution >= 0.6 is 0 Å². The van der Waals surface area contributed by atoms with Crippen LogP contribution in [-0.2, 0) is 4.74 Å². The van der Waals surface area contributed by atoms with Gasteiger partial charge in [-0.2, -0.15) is 0 Å². The molecule has 1 aliphatic heterocycles. The summed E-state index contributed by atoms with van der Waals surface area (Å²) >= 11 is 0. The van der Waals surface area contributed by atoms with Crippen LogP contribution in [0.5, 0.6) is 0 Å². The largest absolute Gasteiger partial charge is 0.623 e. The van der Waals surface area contributed by atoms with Gasteiger partial charge in [0, 0.05) is 32.3 Å². The fraction of sp³-hybridized carbons (Fsp3) is 0.429. The normalized spacial score (nSPS) is 17.9. The Bertz CT molecular complexity index is 500. The Morgan fingerprint density at radius 1 is 1.33 bits per heavy atom. The summed E-state index contributed by atoms with van der Waals surface area (Å²) < 4.78 is 5.72. The lowest BCUT2D eigenvalue weighted by molar-refractivity contribution is -0.530. The lowest BCUT2D eigenvalue weighted by atomic mass is 10.0. The second-order valence-corrected chi connectivity index (χ2v) is 5.12. The molecule has 1 aromatic rings. The van der Waals surface area contributed by atoms with Crippen LogP contribution in [0.3, 0.4) is 0 Å². The van der Waals surface area contributed by atoms with Gasteiger partial charge in [-0.1, -0.05) is 0 Å². The Kier molecular flexibility index (Phi) is 3.11. The van der Waals surface area contributed by atoms with Crippen LogP contribution in [0.25, 0.3) is 0 Å². The van der Waals surface area contributed by atoms with Gasteiger partial charge < -0.3 is 9.94 Å². The molecule has 0 aromatic heterocycles. The Morgan fingerprint density at radius 2 is 1.94 bits per heavy atom. The van der Waals surface area contributed by atoms with Crippen LogP contribution in [-0.4, -0.2) is 29.1 Å². The quantitative estimate of drug-likeness (QED) is 0.458. The summed E-state index contributed by atoms with van der Waals surface area (Å²) in [5, 5.41) is 12.1. The Hall–Kier alpha value is -1.84. The van der Waals surface area contributed by atoms with Gasteiger partial charge in [0.05, 0.1) is 12.7 Å². The molecule has 0 aliphatic carbocycles. The topological polar surface area (TPSA) is 52.4 Å². The van der Waals surface area contributed by atoms with Crippen LogP contribution in [0, 0.1) is 5.21 Å². The molecular weight excluding hydrogens is 230 g/mol. The van der Waals surface area contributed by atoms with E-state index in [1.165, 1.54) is 7.11 Å². The summed E-state index contributed by atoms with van der Waals surface area (Å²) in [4.78, 5) is 11.3. The van der Waals surface area contributed by atoms with Gasteiger partial charge in [-0.3, -0.25) is 0 Å². The molecule has 1 aliphatic rings. The van der Waals surface area contributed by atoms with Crippen molar-refractivity contribution in [3.05, 3.63) is 40.6 Å². The zero-order valence-corrected chi connectivity index (χ0v) is 10.9. The van der Waals surface area contributed by atoms with E-state index in [2.05, 4.69) is 4.74 Å². The number of esters is 1. The second-order valence-electron chi connectivity index (χ2n) is 5.12. The molecule has 0 fully saturated rings. The van der Waals surface area contributed by atoms with Crippen LogP contribution in [0.15, 0.2) is 24.3 Å². The van der Waals surface area contributed by atoms with E-state index in [-0.39, 0.29) is 11.5 Å². The van der Waals surface area contributed by atoms with Gasteiger partial charge >= 0.3 is 5.97 Å². The van der Waals surface area contributed by atoms with Gasteiger partial charge in [-0.05, 0) is 24.3 Å². The summed E-state index contributed by atoms with van der Waals surface area (Å²) in [5.74, 6) is -0.364. The number of benzene rings is 1. The van der Waals surface area contributed by atoms with E-state index in [1.54, 1.807) is 24.3 Å².